The minimum atomic E-state index is -1.02. The number of nitrogens with one attached hydrogen (secondary N) is 1. The molecule has 0 spiro atoms. The molecule has 2 amide bonds. The number of benzene rings is 1. The maximum Gasteiger partial charge on any atom is 0.323 e. The Labute approximate surface area is 134 Å². The summed E-state index contributed by atoms with van der Waals surface area (Å²) in [5.74, 6) is -1.49. The zero-order chi connectivity index (χ0) is 16.7. The van der Waals surface area contributed by atoms with Gasteiger partial charge in [-0.15, -0.1) is 0 Å². The summed E-state index contributed by atoms with van der Waals surface area (Å²) in [6.07, 6.45) is 2.00. The monoisotopic (exact) mass is 319 g/mol. The Morgan fingerprint density at radius 3 is 2.35 bits per heavy atom. The van der Waals surface area contributed by atoms with Gasteiger partial charge in [0.2, 0.25) is 11.8 Å². The minimum Gasteiger partial charge on any atom is -0.480 e. The largest absolute Gasteiger partial charge is 0.480 e. The highest BCUT2D eigenvalue weighted by Crippen LogP contribution is 2.12. The van der Waals surface area contributed by atoms with Gasteiger partial charge in [-0.1, -0.05) is 18.2 Å². The Bertz CT molecular complexity index is 556. The van der Waals surface area contributed by atoms with E-state index in [0.29, 0.717) is 5.69 Å². The lowest BCUT2D eigenvalue weighted by molar-refractivity contribution is -0.135. The molecule has 1 aliphatic rings. The number of carbonyl (C=O) groups excluding carboxylic acids is 2. The lowest BCUT2D eigenvalue weighted by Gasteiger charge is -2.22. The number of carboxylic acids is 1. The van der Waals surface area contributed by atoms with Gasteiger partial charge in [0.1, 0.15) is 6.54 Å². The third-order valence-electron chi connectivity index (χ3n) is 3.68. The van der Waals surface area contributed by atoms with Crippen molar-refractivity contribution in [1.29, 1.82) is 0 Å². The van der Waals surface area contributed by atoms with Gasteiger partial charge in [-0.3, -0.25) is 14.4 Å². The highest BCUT2D eigenvalue weighted by Gasteiger charge is 2.19. The Morgan fingerprint density at radius 2 is 1.74 bits per heavy atom. The summed E-state index contributed by atoms with van der Waals surface area (Å²) in [6.45, 7) is 1.04. The molecule has 1 heterocycles. The smallest absolute Gasteiger partial charge is 0.323 e. The predicted octanol–water partition coefficient (Wildman–Crippen LogP) is 0.316. The highest BCUT2D eigenvalue weighted by molar-refractivity contribution is 5.88. The predicted molar refractivity (Wildman–Crippen MR) is 85.1 cm³/mol. The molecule has 2 rings (SSSR count). The quantitative estimate of drug-likeness (QED) is 0.755. The average Bonchev–Trinajstić information content (AvgIpc) is 3.07. The first-order valence-electron chi connectivity index (χ1n) is 7.62. The van der Waals surface area contributed by atoms with Crippen LogP contribution in [0.25, 0.3) is 0 Å². The van der Waals surface area contributed by atoms with E-state index in [1.807, 2.05) is 6.07 Å². The fourth-order valence-electron chi connectivity index (χ4n) is 2.52. The van der Waals surface area contributed by atoms with Crippen LogP contribution in [-0.2, 0) is 14.4 Å². The molecule has 0 saturated carbocycles. The van der Waals surface area contributed by atoms with Gasteiger partial charge in [-0.25, -0.2) is 0 Å². The lowest BCUT2D eigenvalue weighted by atomic mass is 10.3. The molecule has 1 saturated heterocycles. The number of anilines is 1. The number of aliphatic carboxylic acids is 1. The van der Waals surface area contributed by atoms with Crippen LogP contribution in [0.2, 0.25) is 0 Å². The van der Waals surface area contributed by atoms with Crippen molar-refractivity contribution in [3.63, 3.8) is 0 Å². The van der Waals surface area contributed by atoms with Crippen molar-refractivity contribution >= 4 is 23.5 Å². The van der Waals surface area contributed by atoms with Crippen LogP contribution in [0.15, 0.2) is 30.3 Å². The second kappa shape index (κ2) is 8.17. The molecule has 0 atom stereocenters. The molecule has 0 aliphatic carbocycles. The van der Waals surface area contributed by atoms with Crippen LogP contribution in [0.5, 0.6) is 0 Å². The van der Waals surface area contributed by atoms with E-state index in [-0.39, 0.29) is 31.4 Å². The highest BCUT2D eigenvalue weighted by atomic mass is 16.4. The first-order valence-corrected chi connectivity index (χ1v) is 7.62. The number of carboxylic acid groups (broad SMARTS) is 1. The summed E-state index contributed by atoms with van der Waals surface area (Å²) in [6, 6.07) is 8.85. The molecule has 23 heavy (non-hydrogen) atoms. The van der Waals surface area contributed by atoms with Gasteiger partial charge in [0.25, 0.3) is 0 Å². The molecule has 1 aliphatic heterocycles. The summed E-state index contributed by atoms with van der Waals surface area (Å²) >= 11 is 0. The molecule has 0 unspecified atom stereocenters. The molecule has 124 valence electrons. The Balaban J connectivity index is 1.87. The lowest BCUT2D eigenvalue weighted by Crippen LogP contribution is -2.44. The average molecular weight is 319 g/mol. The summed E-state index contributed by atoms with van der Waals surface area (Å²) < 4.78 is 0. The number of hydrogen-bond donors (Lipinski definition) is 2. The fraction of sp³-hybridized carbons (Fsp3) is 0.438. The van der Waals surface area contributed by atoms with E-state index in [4.69, 9.17) is 5.11 Å². The number of nitrogens with zero attached hydrogens (tertiary/aromatic N) is 2. The van der Waals surface area contributed by atoms with Crippen molar-refractivity contribution in [3.8, 4) is 0 Å². The number of likely N-dealkylation sites (tertiary alicyclic amines) is 1. The van der Waals surface area contributed by atoms with Crippen LogP contribution in [0.3, 0.4) is 0 Å². The van der Waals surface area contributed by atoms with E-state index < -0.39 is 5.97 Å². The van der Waals surface area contributed by atoms with E-state index in [9.17, 15) is 14.4 Å². The molecule has 0 bridgehead atoms. The SMILES string of the molecule is O=C(O)CN(CC(=O)NCC(=O)N1CCCC1)c1ccccc1. The van der Waals surface area contributed by atoms with E-state index in [1.165, 1.54) is 4.90 Å². The standard InChI is InChI=1S/C16H21N3O4/c20-14(17-10-15(21)18-8-4-5-9-18)11-19(12-16(22)23)13-6-2-1-3-7-13/h1-3,6-7H,4-5,8-12H2,(H,17,20)(H,22,23). The molecule has 7 heteroatoms. The van der Waals surface area contributed by atoms with Gasteiger partial charge >= 0.3 is 5.97 Å². The number of para-hydroxylation sites is 1. The van der Waals surface area contributed by atoms with Gasteiger partial charge in [0.15, 0.2) is 0 Å². The van der Waals surface area contributed by atoms with Crippen LogP contribution in [0.4, 0.5) is 5.69 Å². The van der Waals surface area contributed by atoms with Gasteiger partial charge in [0, 0.05) is 18.8 Å². The van der Waals surface area contributed by atoms with Gasteiger partial charge < -0.3 is 20.2 Å². The molecular formula is C16H21N3O4. The van der Waals surface area contributed by atoms with Gasteiger partial charge in [-0.05, 0) is 25.0 Å². The van der Waals surface area contributed by atoms with E-state index >= 15 is 0 Å². The zero-order valence-electron chi connectivity index (χ0n) is 12.9. The van der Waals surface area contributed by atoms with Crippen molar-refractivity contribution in [2.45, 2.75) is 12.8 Å². The van der Waals surface area contributed by atoms with E-state index in [1.54, 1.807) is 29.2 Å². The maximum absolute atomic E-state index is 12.0. The molecular weight excluding hydrogens is 298 g/mol. The Hall–Kier alpha value is -2.57. The van der Waals surface area contributed by atoms with Gasteiger partial charge in [-0.2, -0.15) is 0 Å². The van der Waals surface area contributed by atoms with Crippen molar-refractivity contribution < 1.29 is 19.5 Å². The first kappa shape index (κ1) is 16.8. The van der Waals surface area contributed by atoms with Crippen LogP contribution in [0.1, 0.15) is 12.8 Å². The molecule has 7 nitrogen and oxygen atoms in total. The number of amides is 2. The number of rotatable bonds is 7. The second-order valence-electron chi connectivity index (χ2n) is 5.45. The summed E-state index contributed by atoms with van der Waals surface area (Å²) in [5, 5.41) is 11.6. The Morgan fingerprint density at radius 1 is 1.09 bits per heavy atom. The van der Waals surface area contributed by atoms with Crippen LogP contribution < -0.4 is 10.2 Å². The molecule has 1 aromatic rings. The number of hydrogen-bond acceptors (Lipinski definition) is 4. The van der Waals surface area contributed by atoms with Crippen molar-refractivity contribution in [2.75, 3.05) is 37.6 Å². The summed E-state index contributed by atoms with van der Waals surface area (Å²) in [7, 11) is 0. The van der Waals surface area contributed by atoms with Crippen LogP contribution in [0, 0.1) is 0 Å². The first-order chi connectivity index (χ1) is 11.1. The summed E-state index contributed by atoms with van der Waals surface area (Å²) in [4.78, 5) is 38.1. The van der Waals surface area contributed by atoms with Crippen LogP contribution in [-0.4, -0.2) is 60.5 Å². The van der Waals surface area contributed by atoms with Crippen molar-refractivity contribution in [3.05, 3.63) is 30.3 Å². The van der Waals surface area contributed by atoms with E-state index in [0.717, 1.165) is 25.9 Å². The van der Waals surface area contributed by atoms with Crippen molar-refractivity contribution in [1.82, 2.24) is 10.2 Å². The zero-order valence-corrected chi connectivity index (χ0v) is 12.9. The fourth-order valence-corrected chi connectivity index (χ4v) is 2.52. The minimum absolute atomic E-state index is 0.0471. The topological polar surface area (TPSA) is 90.0 Å². The molecule has 2 N–H and O–H groups in total. The molecule has 0 aromatic heterocycles. The molecule has 0 radical (unpaired) electrons. The normalized spacial score (nSPS) is 13.7. The van der Waals surface area contributed by atoms with E-state index in [2.05, 4.69) is 5.32 Å². The van der Waals surface area contributed by atoms with Gasteiger partial charge in [0.05, 0.1) is 13.1 Å². The number of carbonyl (C=O) groups is 3. The third-order valence-corrected chi connectivity index (χ3v) is 3.68. The second-order valence-corrected chi connectivity index (χ2v) is 5.45. The van der Waals surface area contributed by atoms with Crippen molar-refractivity contribution in [2.24, 2.45) is 0 Å². The summed E-state index contributed by atoms with van der Waals surface area (Å²) in [5.41, 5.74) is 0.649. The maximum atomic E-state index is 12.0. The van der Waals surface area contributed by atoms with Crippen LogP contribution >= 0.6 is 0 Å². The Kier molecular flexibility index (Phi) is 5.96. The molecule has 1 fully saturated rings. The third kappa shape index (κ3) is 5.28. The molecule has 1 aromatic carbocycles.